The lowest BCUT2D eigenvalue weighted by molar-refractivity contribution is 0.597. The Bertz CT molecular complexity index is 2180. The van der Waals surface area contributed by atoms with Crippen LogP contribution >= 0.6 is 15.9 Å². The first kappa shape index (κ1) is 23.1. The lowest BCUT2D eigenvalue weighted by Gasteiger charge is -2.11. The average molecular weight is 581 g/mol. The molecule has 0 aliphatic carbocycles. The summed E-state index contributed by atoms with van der Waals surface area (Å²) in [5.74, 6) is 0. The molecule has 7 heteroatoms. The van der Waals surface area contributed by atoms with E-state index in [0.29, 0.717) is 16.8 Å². The molecule has 7 aromatic rings. The highest BCUT2D eigenvalue weighted by molar-refractivity contribution is 9.10. The molecule has 5 aromatic carbocycles. The largest absolute Gasteiger partial charge is 0.399 e. The number of benzene rings is 5. The summed E-state index contributed by atoms with van der Waals surface area (Å²) in [6.45, 7) is 1.94. The maximum Gasteiger partial charge on any atom is 0.209 e. The number of aryl methyl sites for hydroxylation is 1. The number of nitrogens with two attached hydrogens (primary N) is 1. The summed E-state index contributed by atoms with van der Waals surface area (Å²) in [5, 5.41) is 5.30. The van der Waals surface area contributed by atoms with Gasteiger partial charge in [-0.2, -0.15) is 0 Å². The first-order chi connectivity index (χ1) is 18.3. The molecule has 0 atom stereocenters. The molecule has 4 N–H and O–H groups in total. The molecule has 38 heavy (non-hydrogen) atoms. The molecular formula is C31H22BrN3O2S. The van der Waals surface area contributed by atoms with Gasteiger partial charge in [-0.1, -0.05) is 64.0 Å². The fourth-order valence-corrected chi connectivity index (χ4v) is 7.48. The number of anilines is 1. The van der Waals surface area contributed by atoms with Gasteiger partial charge in [-0.15, -0.1) is 0 Å². The van der Waals surface area contributed by atoms with Crippen LogP contribution in [0.25, 0.3) is 54.6 Å². The molecule has 0 unspecified atom stereocenters. The highest BCUT2D eigenvalue weighted by Gasteiger charge is 2.30. The van der Waals surface area contributed by atoms with Crippen LogP contribution in [-0.4, -0.2) is 18.4 Å². The topological polar surface area (TPSA) is 91.7 Å². The van der Waals surface area contributed by atoms with Gasteiger partial charge in [0.25, 0.3) is 0 Å². The van der Waals surface area contributed by atoms with E-state index in [1.807, 2.05) is 79.9 Å². The predicted octanol–water partition coefficient (Wildman–Crippen LogP) is 8.11. The first-order valence-electron chi connectivity index (χ1n) is 12.2. The van der Waals surface area contributed by atoms with Crippen LogP contribution in [0.3, 0.4) is 0 Å². The smallest absolute Gasteiger partial charge is 0.209 e. The maximum atomic E-state index is 14.5. The summed E-state index contributed by atoms with van der Waals surface area (Å²) < 4.78 is 30.0. The van der Waals surface area contributed by atoms with Crippen molar-refractivity contribution in [3.8, 4) is 11.3 Å². The van der Waals surface area contributed by atoms with Gasteiger partial charge in [0, 0.05) is 43.6 Å². The number of hydrogen-bond acceptors (Lipinski definition) is 3. The third-order valence-corrected chi connectivity index (χ3v) is 9.60. The van der Waals surface area contributed by atoms with Gasteiger partial charge in [0.05, 0.1) is 16.1 Å². The fourth-order valence-electron chi connectivity index (χ4n) is 5.47. The maximum absolute atomic E-state index is 14.5. The lowest BCUT2D eigenvalue weighted by Crippen LogP contribution is -2.03. The summed E-state index contributed by atoms with van der Waals surface area (Å²) >= 11 is 3.58. The number of nitrogen functional groups attached to an aromatic ring is 1. The number of sulfone groups is 1. The van der Waals surface area contributed by atoms with E-state index >= 15 is 0 Å². The van der Waals surface area contributed by atoms with Gasteiger partial charge in [-0.25, -0.2) is 8.42 Å². The Balaban J connectivity index is 1.73. The van der Waals surface area contributed by atoms with Gasteiger partial charge < -0.3 is 15.7 Å². The minimum Gasteiger partial charge on any atom is -0.399 e. The van der Waals surface area contributed by atoms with Crippen molar-refractivity contribution in [2.24, 2.45) is 0 Å². The van der Waals surface area contributed by atoms with Crippen LogP contribution in [0.2, 0.25) is 0 Å². The minimum atomic E-state index is -3.95. The summed E-state index contributed by atoms with van der Waals surface area (Å²) in [7, 11) is -3.95. The number of halogens is 1. The molecule has 0 saturated heterocycles. The zero-order valence-corrected chi connectivity index (χ0v) is 22.7. The molecule has 0 aliphatic heterocycles. The van der Waals surface area contributed by atoms with Crippen LogP contribution in [0.4, 0.5) is 5.69 Å². The normalized spacial score (nSPS) is 12.3. The van der Waals surface area contributed by atoms with Gasteiger partial charge in [0.15, 0.2) is 0 Å². The van der Waals surface area contributed by atoms with Gasteiger partial charge in [-0.3, -0.25) is 0 Å². The second-order valence-electron chi connectivity index (χ2n) is 9.64. The molecule has 186 valence electrons. The third-order valence-electron chi connectivity index (χ3n) is 7.27. The zero-order valence-electron chi connectivity index (χ0n) is 20.3. The van der Waals surface area contributed by atoms with Crippen LogP contribution in [0.1, 0.15) is 5.56 Å². The number of nitrogens with one attached hydrogen (secondary N) is 2. The van der Waals surface area contributed by atoms with Crippen molar-refractivity contribution in [1.82, 2.24) is 9.97 Å². The number of aromatic nitrogens is 2. The molecule has 7 rings (SSSR count). The van der Waals surface area contributed by atoms with Crippen molar-refractivity contribution < 1.29 is 8.42 Å². The first-order valence-corrected chi connectivity index (χ1v) is 14.4. The number of rotatable bonds is 3. The van der Waals surface area contributed by atoms with Crippen molar-refractivity contribution in [3.05, 3.63) is 101 Å². The molecule has 5 nitrogen and oxygen atoms in total. The minimum absolute atomic E-state index is 0.247. The van der Waals surface area contributed by atoms with E-state index < -0.39 is 9.84 Å². The lowest BCUT2D eigenvalue weighted by atomic mass is 9.97. The van der Waals surface area contributed by atoms with Gasteiger partial charge in [0.1, 0.15) is 4.90 Å². The van der Waals surface area contributed by atoms with Crippen LogP contribution in [0.5, 0.6) is 0 Å². The van der Waals surface area contributed by atoms with Gasteiger partial charge in [-0.05, 0) is 65.5 Å². The van der Waals surface area contributed by atoms with Crippen LogP contribution < -0.4 is 5.73 Å². The summed E-state index contributed by atoms with van der Waals surface area (Å²) in [6, 6.07) is 26.7. The molecule has 0 radical (unpaired) electrons. The highest BCUT2D eigenvalue weighted by Crippen LogP contribution is 2.46. The van der Waals surface area contributed by atoms with Crippen molar-refractivity contribution in [2.75, 3.05) is 5.73 Å². The Morgan fingerprint density at radius 1 is 0.789 bits per heavy atom. The molecule has 2 heterocycles. The summed E-state index contributed by atoms with van der Waals surface area (Å²) in [5.41, 5.74) is 10.8. The monoisotopic (exact) mass is 579 g/mol. The fraction of sp³-hybridized carbons (Fsp3) is 0.0323. The Hall–Kier alpha value is -4.07. The van der Waals surface area contributed by atoms with Crippen molar-refractivity contribution in [2.45, 2.75) is 16.7 Å². The summed E-state index contributed by atoms with van der Waals surface area (Å²) in [4.78, 5) is 7.37. The second kappa shape index (κ2) is 8.21. The van der Waals surface area contributed by atoms with Crippen LogP contribution in [0, 0.1) is 6.92 Å². The van der Waals surface area contributed by atoms with Crippen molar-refractivity contribution >= 4 is 74.8 Å². The van der Waals surface area contributed by atoms with Gasteiger partial charge >= 0.3 is 0 Å². The SMILES string of the molecule is Cc1ccc(S(=O)(=O)c2c(-c3c[nH]c4ccc(Br)cc34)[nH]c3c4ccccc4c4ccc(N)cc4c23)cc1. The molecule has 0 spiro atoms. The van der Waals surface area contributed by atoms with E-state index in [-0.39, 0.29) is 9.79 Å². The standard InChI is InChI=1S/C31H22BrN3O2S/c1-17-6-10-20(11-7-17)38(36,37)31-28-25-15-19(33)9-12-22(25)21-4-2-3-5-23(21)29(28)35-30(31)26-16-34-27-13-8-18(32)14-24(26)27/h2-16,34-35H,33H2,1H3. The van der Waals surface area contributed by atoms with E-state index in [2.05, 4.69) is 32.0 Å². The Morgan fingerprint density at radius 3 is 2.32 bits per heavy atom. The highest BCUT2D eigenvalue weighted by atomic mass is 79.9. The molecule has 0 fully saturated rings. The average Bonchev–Trinajstić information content (AvgIpc) is 3.51. The Labute approximate surface area is 227 Å². The predicted molar refractivity (Wildman–Crippen MR) is 159 cm³/mol. The number of aromatic amines is 2. The summed E-state index contributed by atoms with van der Waals surface area (Å²) in [6.07, 6.45) is 1.87. The van der Waals surface area contributed by atoms with E-state index in [0.717, 1.165) is 53.6 Å². The van der Waals surface area contributed by atoms with E-state index in [1.54, 1.807) is 12.1 Å². The number of hydrogen-bond donors (Lipinski definition) is 3. The van der Waals surface area contributed by atoms with Crippen LogP contribution in [-0.2, 0) is 9.84 Å². The Kier molecular flexibility index (Phi) is 4.99. The zero-order chi connectivity index (χ0) is 26.2. The molecule has 0 amide bonds. The van der Waals surface area contributed by atoms with Crippen LogP contribution in [0.15, 0.2) is 105 Å². The number of H-pyrrole nitrogens is 2. The van der Waals surface area contributed by atoms with Crippen molar-refractivity contribution in [3.63, 3.8) is 0 Å². The van der Waals surface area contributed by atoms with E-state index in [4.69, 9.17) is 5.73 Å². The Morgan fingerprint density at radius 2 is 1.53 bits per heavy atom. The molecular weight excluding hydrogens is 558 g/mol. The molecule has 0 saturated carbocycles. The van der Waals surface area contributed by atoms with E-state index in [9.17, 15) is 8.42 Å². The molecule has 0 bridgehead atoms. The second-order valence-corrected chi connectivity index (χ2v) is 12.4. The molecule has 0 aliphatic rings. The van der Waals surface area contributed by atoms with E-state index in [1.165, 1.54) is 0 Å². The third kappa shape index (κ3) is 3.32. The quantitative estimate of drug-likeness (QED) is 0.146. The van der Waals surface area contributed by atoms with Crippen molar-refractivity contribution in [1.29, 1.82) is 0 Å². The van der Waals surface area contributed by atoms with Gasteiger partial charge in [0.2, 0.25) is 9.84 Å². The molecule has 2 aromatic heterocycles. The number of fused-ring (bicyclic) bond motifs is 7.